The Bertz CT molecular complexity index is 941. The van der Waals surface area contributed by atoms with Crippen LogP contribution in [0.15, 0.2) is 48.5 Å². The zero-order valence-electron chi connectivity index (χ0n) is 17.4. The predicted octanol–water partition coefficient (Wildman–Crippen LogP) is 6.00. The van der Waals surface area contributed by atoms with Crippen molar-refractivity contribution in [2.24, 2.45) is 17.8 Å². The molecule has 2 N–H and O–H groups in total. The van der Waals surface area contributed by atoms with E-state index in [1.54, 1.807) is 13.2 Å². The molecule has 6 rings (SSSR count). The maximum Gasteiger partial charge on any atom is 0.328 e. The molecule has 0 saturated heterocycles. The van der Waals surface area contributed by atoms with Crippen molar-refractivity contribution in [2.75, 3.05) is 12.4 Å². The molecule has 0 aromatic heterocycles. The number of nitrogens with one attached hydrogen (secondary N) is 1. The minimum atomic E-state index is -0.937. The van der Waals surface area contributed by atoms with E-state index < -0.39 is 5.97 Å². The molecule has 4 bridgehead atoms. The molecule has 0 spiro atoms. The molecule has 4 nitrogen and oxygen atoms in total. The molecule has 2 aromatic carbocycles. The third-order valence-electron chi connectivity index (χ3n) is 7.43. The van der Waals surface area contributed by atoms with Crippen molar-refractivity contribution >= 4 is 23.4 Å². The lowest BCUT2D eigenvalue weighted by Gasteiger charge is -2.57. The zero-order chi connectivity index (χ0) is 20.7. The maximum absolute atomic E-state index is 10.7. The summed E-state index contributed by atoms with van der Waals surface area (Å²) in [6, 6.07) is 14.3. The van der Waals surface area contributed by atoms with Crippen molar-refractivity contribution in [3.63, 3.8) is 0 Å². The van der Waals surface area contributed by atoms with Crippen molar-refractivity contribution in [2.45, 2.75) is 43.9 Å². The van der Waals surface area contributed by atoms with Crippen LogP contribution in [0.1, 0.15) is 49.7 Å². The monoisotopic (exact) mass is 403 g/mol. The van der Waals surface area contributed by atoms with Crippen LogP contribution in [-0.2, 0) is 10.2 Å². The summed E-state index contributed by atoms with van der Waals surface area (Å²) in [6.45, 7) is 0. The number of carbonyl (C=O) groups is 1. The van der Waals surface area contributed by atoms with E-state index in [0.717, 1.165) is 46.5 Å². The summed E-state index contributed by atoms with van der Waals surface area (Å²) in [7, 11) is 1.79. The summed E-state index contributed by atoms with van der Waals surface area (Å²) in [6.07, 6.45) is 11.0. The summed E-state index contributed by atoms with van der Waals surface area (Å²) >= 11 is 0. The van der Waals surface area contributed by atoms with Crippen LogP contribution in [0.5, 0.6) is 5.75 Å². The van der Waals surface area contributed by atoms with Gasteiger partial charge in [-0.25, -0.2) is 4.79 Å². The van der Waals surface area contributed by atoms with E-state index in [0.29, 0.717) is 0 Å². The first-order valence-electron chi connectivity index (χ1n) is 11.0. The van der Waals surface area contributed by atoms with Crippen LogP contribution in [0.3, 0.4) is 0 Å². The molecule has 0 atom stereocenters. The van der Waals surface area contributed by atoms with E-state index in [-0.39, 0.29) is 5.41 Å². The Morgan fingerprint density at radius 2 is 1.60 bits per heavy atom. The molecule has 4 fully saturated rings. The first-order chi connectivity index (χ1) is 14.5. The van der Waals surface area contributed by atoms with Gasteiger partial charge in [0.1, 0.15) is 5.75 Å². The highest BCUT2D eigenvalue weighted by Crippen LogP contribution is 2.62. The Morgan fingerprint density at radius 1 is 1.00 bits per heavy atom. The highest BCUT2D eigenvalue weighted by molar-refractivity contribution is 5.85. The fourth-order valence-electron chi connectivity index (χ4n) is 6.65. The van der Waals surface area contributed by atoms with Gasteiger partial charge in [-0.15, -0.1) is 0 Å². The molecule has 0 unspecified atom stereocenters. The van der Waals surface area contributed by atoms with Gasteiger partial charge in [0.05, 0.1) is 7.11 Å². The molecule has 4 aliphatic carbocycles. The van der Waals surface area contributed by atoms with Gasteiger partial charge in [-0.05, 0) is 104 Å². The topological polar surface area (TPSA) is 58.6 Å². The summed E-state index contributed by atoms with van der Waals surface area (Å²) in [4.78, 5) is 10.7. The van der Waals surface area contributed by atoms with Crippen LogP contribution in [0.25, 0.3) is 6.08 Å². The lowest BCUT2D eigenvalue weighted by Crippen LogP contribution is -2.48. The van der Waals surface area contributed by atoms with Crippen molar-refractivity contribution in [3.8, 4) is 5.75 Å². The van der Waals surface area contributed by atoms with Gasteiger partial charge in [-0.2, -0.15) is 0 Å². The average Bonchev–Trinajstić information content (AvgIpc) is 2.72. The third kappa shape index (κ3) is 3.60. The molecule has 2 aromatic rings. The number of carboxylic acid groups (broad SMARTS) is 1. The average molecular weight is 404 g/mol. The van der Waals surface area contributed by atoms with Crippen molar-refractivity contribution < 1.29 is 14.6 Å². The second-order valence-corrected chi connectivity index (χ2v) is 9.53. The van der Waals surface area contributed by atoms with Crippen LogP contribution in [-0.4, -0.2) is 18.2 Å². The highest BCUT2D eigenvalue weighted by atomic mass is 16.5. The highest BCUT2D eigenvalue weighted by Gasteiger charge is 2.52. The van der Waals surface area contributed by atoms with Gasteiger partial charge in [0.25, 0.3) is 0 Å². The molecular formula is C26H29NO3. The normalized spacial score (nSPS) is 29.3. The van der Waals surface area contributed by atoms with E-state index >= 15 is 0 Å². The fraction of sp³-hybridized carbons (Fsp3) is 0.423. The quantitative estimate of drug-likeness (QED) is 0.581. The molecule has 0 heterocycles. The summed E-state index contributed by atoms with van der Waals surface area (Å²) < 4.78 is 5.82. The largest absolute Gasteiger partial charge is 0.496 e. The van der Waals surface area contributed by atoms with Crippen molar-refractivity contribution in [1.29, 1.82) is 0 Å². The lowest BCUT2D eigenvalue weighted by atomic mass is 9.48. The first-order valence-corrected chi connectivity index (χ1v) is 11.0. The number of hydrogen-bond acceptors (Lipinski definition) is 3. The summed E-state index contributed by atoms with van der Waals surface area (Å²) in [5.74, 6) is 2.77. The first kappa shape index (κ1) is 19.2. The Labute approximate surface area is 178 Å². The number of hydrogen-bond donors (Lipinski definition) is 2. The standard InChI is InChI=1S/C26H29NO3/c1-30-24-8-7-22(27-21-5-2-17(3-6-21)4-9-25(28)29)13-23(24)26-14-18-10-19(15-26)12-20(11-18)16-26/h2-9,13,18-20,27H,10-12,14-16H2,1H3,(H,28,29)/b9-4+. The van der Waals surface area contributed by atoms with Crippen molar-refractivity contribution in [3.05, 3.63) is 59.7 Å². The van der Waals surface area contributed by atoms with E-state index in [1.165, 1.54) is 44.1 Å². The summed E-state index contributed by atoms with van der Waals surface area (Å²) in [5, 5.41) is 12.3. The van der Waals surface area contributed by atoms with Gasteiger partial charge in [-0.3, -0.25) is 0 Å². The fourth-order valence-corrected chi connectivity index (χ4v) is 6.65. The Morgan fingerprint density at radius 3 is 2.17 bits per heavy atom. The Hall–Kier alpha value is -2.75. The predicted molar refractivity (Wildman–Crippen MR) is 119 cm³/mol. The van der Waals surface area contributed by atoms with Crippen LogP contribution < -0.4 is 10.1 Å². The molecule has 156 valence electrons. The number of ether oxygens (including phenoxy) is 1. The molecule has 0 radical (unpaired) electrons. The Kier molecular flexibility index (Phi) is 4.80. The van der Waals surface area contributed by atoms with Gasteiger partial charge in [0, 0.05) is 23.0 Å². The van der Waals surface area contributed by atoms with E-state index in [9.17, 15) is 4.79 Å². The van der Waals surface area contributed by atoms with Crippen molar-refractivity contribution in [1.82, 2.24) is 0 Å². The van der Waals surface area contributed by atoms with Crippen LogP contribution in [0, 0.1) is 17.8 Å². The molecule has 0 aliphatic heterocycles. The minimum Gasteiger partial charge on any atom is -0.496 e. The van der Waals surface area contributed by atoms with E-state index in [2.05, 4.69) is 23.5 Å². The summed E-state index contributed by atoms with van der Waals surface area (Å²) in [5.41, 5.74) is 4.60. The lowest BCUT2D eigenvalue weighted by molar-refractivity contribution is -0.131. The van der Waals surface area contributed by atoms with Gasteiger partial charge in [0.15, 0.2) is 0 Å². The van der Waals surface area contributed by atoms with Crippen LogP contribution in [0.2, 0.25) is 0 Å². The van der Waals surface area contributed by atoms with Gasteiger partial charge < -0.3 is 15.2 Å². The van der Waals surface area contributed by atoms with Gasteiger partial charge in [0.2, 0.25) is 0 Å². The molecule has 0 amide bonds. The van der Waals surface area contributed by atoms with Crippen LogP contribution in [0.4, 0.5) is 11.4 Å². The van der Waals surface area contributed by atoms with Crippen LogP contribution >= 0.6 is 0 Å². The smallest absolute Gasteiger partial charge is 0.328 e. The van der Waals surface area contributed by atoms with E-state index in [1.807, 2.05) is 24.3 Å². The molecule has 4 aliphatic rings. The maximum atomic E-state index is 10.7. The number of anilines is 2. The SMILES string of the molecule is COc1ccc(Nc2ccc(/C=C/C(=O)O)cc2)cc1C12CC3CC(CC(C3)C1)C2. The second kappa shape index (κ2) is 7.50. The zero-order valence-corrected chi connectivity index (χ0v) is 17.4. The molecular weight excluding hydrogens is 374 g/mol. The molecule has 4 saturated carbocycles. The minimum absolute atomic E-state index is 0.281. The number of aliphatic carboxylic acids is 1. The Balaban J connectivity index is 1.41. The number of benzene rings is 2. The number of carboxylic acids is 1. The molecule has 30 heavy (non-hydrogen) atoms. The third-order valence-corrected chi connectivity index (χ3v) is 7.43. The molecule has 4 heteroatoms. The van der Waals surface area contributed by atoms with E-state index in [4.69, 9.17) is 9.84 Å². The van der Waals surface area contributed by atoms with Gasteiger partial charge in [-0.1, -0.05) is 12.1 Å². The second-order valence-electron chi connectivity index (χ2n) is 9.53. The number of rotatable bonds is 6. The van der Waals surface area contributed by atoms with Gasteiger partial charge >= 0.3 is 5.97 Å². The number of methoxy groups -OCH3 is 1.